The van der Waals surface area contributed by atoms with E-state index in [0.29, 0.717) is 0 Å². The predicted molar refractivity (Wildman–Crippen MR) is 58.3 cm³/mol. The normalized spacial score (nSPS) is 50.8. The zero-order valence-corrected chi connectivity index (χ0v) is 9.21. The summed E-state index contributed by atoms with van der Waals surface area (Å²) < 4.78 is 0. The zero-order valence-electron chi connectivity index (χ0n) is 9.21. The molecule has 3 rings (SSSR count). The summed E-state index contributed by atoms with van der Waals surface area (Å²) in [4.78, 5) is 2.63. The molecule has 0 aromatic heterocycles. The van der Waals surface area contributed by atoms with E-state index < -0.39 is 0 Å². The van der Waals surface area contributed by atoms with Crippen molar-refractivity contribution in [2.75, 3.05) is 19.6 Å². The van der Waals surface area contributed by atoms with Crippen molar-refractivity contribution in [1.29, 1.82) is 0 Å². The number of piperidine rings is 1. The summed E-state index contributed by atoms with van der Waals surface area (Å²) in [7, 11) is 0. The minimum absolute atomic E-state index is 0.857. The van der Waals surface area contributed by atoms with Crippen molar-refractivity contribution >= 4 is 0 Å². The minimum Gasteiger partial charge on any atom is -0.311 e. The fourth-order valence-corrected chi connectivity index (χ4v) is 3.35. The van der Waals surface area contributed by atoms with Gasteiger partial charge in [0.1, 0.15) is 0 Å². The van der Waals surface area contributed by atoms with E-state index in [1.807, 2.05) is 0 Å². The van der Waals surface area contributed by atoms with E-state index in [0.717, 1.165) is 23.9 Å². The Kier molecular flexibility index (Phi) is 2.29. The molecular formula is C12H22N2. The van der Waals surface area contributed by atoms with Gasteiger partial charge in [-0.25, -0.2) is 0 Å². The maximum absolute atomic E-state index is 3.89. The highest BCUT2D eigenvalue weighted by Crippen LogP contribution is 2.36. The summed E-state index contributed by atoms with van der Waals surface area (Å²) >= 11 is 0. The summed E-state index contributed by atoms with van der Waals surface area (Å²) in [5, 5.41) is 3.89. The Morgan fingerprint density at radius 3 is 2.86 bits per heavy atom. The molecule has 5 unspecified atom stereocenters. The van der Waals surface area contributed by atoms with Crippen molar-refractivity contribution in [2.24, 2.45) is 11.8 Å². The smallest absolute Gasteiger partial charge is 0.0123 e. The van der Waals surface area contributed by atoms with Gasteiger partial charge in [0, 0.05) is 18.6 Å². The maximum Gasteiger partial charge on any atom is 0.0123 e. The predicted octanol–water partition coefficient (Wildman–Crippen LogP) is 1.47. The van der Waals surface area contributed by atoms with Crippen LogP contribution in [0.5, 0.6) is 0 Å². The van der Waals surface area contributed by atoms with Crippen LogP contribution in [0, 0.1) is 11.8 Å². The molecule has 2 nitrogen and oxygen atoms in total. The van der Waals surface area contributed by atoms with Crippen molar-refractivity contribution < 1.29 is 0 Å². The van der Waals surface area contributed by atoms with E-state index in [9.17, 15) is 0 Å². The number of rotatable bonds is 3. The Morgan fingerprint density at radius 1 is 1.21 bits per heavy atom. The van der Waals surface area contributed by atoms with Gasteiger partial charge in [-0.3, -0.25) is 0 Å². The van der Waals surface area contributed by atoms with Crippen LogP contribution in [-0.4, -0.2) is 36.6 Å². The number of fused-ring (bicyclic) bond motifs is 2. The molecule has 2 heterocycles. The molecule has 0 aromatic carbocycles. The molecule has 3 fully saturated rings. The third kappa shape index (κ3) is 1.59. The van der Waals surface area contributed by atoms with Gasteiger partial charge in [-0.15, -0.1) is 0 Å². The van der Waals surface area contributed by atoms with Crippen LogP contribution in [-0.2, 0) is 0 Å². The minimum atomic E-state index is 0.857. The average molecular weight is 194 g/mol. The van der Waals surface area contributed by atoms with Crippen molar-refractivity contribution in [3.8, 4) is 0 Å². The average Bonchev–Trinajstić information content (AvgIpc) is 2.86. The summed E-state index contributed by atoms with van der Waals surface area (Å²) in [6.45, 7) is 6.41. The lowest BCUT2D eigenvalue weighted by Gasteiger charge is -2.31. The van der Waals surface area contributed by atoms with Crippen molar-refractivity contribution in [3.63, 3.8) is 0 Å². The standard InChI is InChI=1S/C12H22N2/c1-2-9-7-12(9)13-11-4-6-14-5-3-10(11)8-14/h9-13H,2-8H2,1H3. The second-order valence-electron chi connectivity index (χ2n) is 5.42. The van der Waals surface area contributed by atoms with Crippen LogP contribution in [0.3, 0.4) is 0 Å². The number of hydrogen-bond donors (Lipinski definition) is 1. The molecule has 1 saturated carbocycles. The topological polar surface area (TPSA) is 15.3 Å². The van der Waals surface area contributed by atoms with Crippen molar-refractivity contribution in [2.45, 2.75) is 44.7 Å². The van der Waals surface area contributed by atoms with Crippen LogP contribution in [0.25, 0.3) is 0 Å². The lowest BCUT2D eigenvalue weighted by molar-refractivity contribution is 0.218. The molecule has 14 heavy (non-hydrogen) atoms. The first-order chi connectivity index (χ1) is 6.86. The highest BCUT2D eigenvalue weighted by Gasteiger charge is 2.41. The molecule has 80 valence electrons. The fourth-order valence-electron chi connectivity index (χ4n) is 3.35. The first kappa shape index (κ1) is 9.17. The highest BCUT2D eigenvalue weighted by atomic mass is 15.2. The van der Waals surface area contributed by atoms with Crippen LogP contribution >= 0.6 is 0 Å². The van der Waals surface area contributed by atoms with Gasteiger partial charge in [0.15, 0.2) is 0 Å². The Morgan fingerprint density at radius 2 is 2.07 bits per heavy atom. The molecule has 1 aliphatic carbocycles. The lowest BCUT2D eigenvalue weighted by atomic mass is 9.94. The van der Waals surface area contributed by atoms with Gasteiger partial charge >= 0.3 is 0 Å². The molecule has 2 heteroatoms. The van der Waals surface area contributed by atoms with E-state index in [4.69, 9.17) is 0 Å². The van der Waals surface area contributed by atoms with Crippen LogP contribution in [0.4, 0.5) is 0 Å². The zero-order chi connectivity index (χ0) is 9.54. The van der Waals surface area contributed by atoms with E-state index >= 15 is 0 Å². The molecule has 3 aliphatic rings. The highest BCUT2D eigenvalue weighted by molar-refractivity contribution is 4.98. The molecular weight excluding hydrogens is 172 g/mol. The van der Waals surface area contributed by atoms with Crippen molar-refractivity contribution in [1.82, 2.24) is 10.2 Å². The van der Waals surface area contributed by atoms with E-state index in [1.165, 1.54) is 45.3 Å². The van der Waals surface area contributed by atoms with Gasteiger partial charge < -0.3 is 10.2 Å². The Bertz CT molecular complexity index is 216. The molecule has 5 atom stereocenters. The van der Waals surface area contributed by atoms with Crippen molar-refractivity contribution in [3.05, 3.63) is 0 Å². The van der Waals surface area contributed by atoms with Gasteiger partial charge in [-0.1, -0.05) is 13.3 Å². The number of hydrogen-bond acceptors (Lipinski definition) is 2. The molecule has 2 aliphatic heterocycles. The first-order valence-electron chi connectivity index (χ1n) is 6.35. The Labute approximate surface area is 87.0 Å². The van der Waals surface area contributed by atoms with E-state index in [1.54, 1.807) is 0 Å². The first-order valence-corrected chi connectivity index (χ1v) is 6.35. The molecule has 0 amide bonds. The summed E-state index contributed by atoms with van der Waals surface area (Å²) in [6, 6.07) is 1.74. The van der Waals surface area contributed by atoms with Crippen LogP contribution in [0.1, 0.15) is 32.6 Å². The largest absolute Gasteiger partial charge is 0.311 e. The van der Waals surface area contributed by atoms with Crippen LogP contribution in [0.15, 0.2) is 0 Å². The summed E-state index contributed by atoms with van der Waals surface area (Å²) in [5.41, 5.74) is 0. The fraction of sp³-hybridized carbons (Fsp3) is 1.00. The van der Waals surface area contributed by atoms with Gasteiger partial charge in [-0.05, 0) is 44.2 Å². The van der Waals surface area contributed by atoms with E-state index in [-0.39, 0.29) is 0 Å². The molecule has 2 saturated heterocycles. The number of nitrogens with one attached hydrogen (secondary N) is 1. The van der Waals surface area contributed by atoms with Gasteiger partial charge in [0.05, 0.1) is 0 Å². The summed E-state index contributed by atoms with van der Waals surface area (Å²) in [5.74, 6) is 1.98. The number of nitrogens with zero attached hydrogens (tertiary/aromatic N) is 1. The lowest BCUT2D eigenvalue weighted by Crippen LogP contribution is -2.45. The monoisotopic (exact) mass is 194 g/mol. The third-order valence-corrected chi connectivity index (χ3v) is 4.51. The molecule has 2 bridgehead atoms. The Balaban J connectivity index is 1.53. The maximum atomic E-state index is 3.89. The summed E-state index contributed by atoms with van der Waals surface area (Å²) in [6.07, 6.45) is 5.67. The molecule has 0 spiro atoms. The van der Waals surface area contributed by atoms with Gasteiger partial charge in [-0.2, -0.15) is 0 Å². The van der Waals surface area contributed by atoms with Gasteiger partial charge in [0.2, 0.25) is 0 Å². The second-order valence-corrected chi connectivity index (χ2v) is 5.42. The van der Waals surface area contributed by atoms with E-state index in [2.05, 4.69) is 17.1 Å². The van der Waals surface area contributed by atoms with Crippen LogP contribution in [0.2, 0.25) is 0 Å². The quantitative estimate of drug-likeness (QED) is 0.732. The Hall–Kier alpha value is -0.0800. The third-order valence-electron chi connectivity index (χ3n) is 4.51. The second kappa shape index (κ2) is 3.49. The molecule has 0 aromatic rings. The SMILES string of the molecule is CCC1CC1NC1CCN2CCC1C2. The van der Waals surface area contributed by atoms with Gasteiger partial charge in [0.25, 0.3) is 0 Å². The van der Waals surface area contributed by atoms with Crippen LogP contribution < -0.4 is 5.32 Å². The molecule has 1 N–H and O–H groups in total. The molecule has 0 radical (unpaired) electrons.